The number of nitrogens with zero attached hydrogens (tertiary/aromatic N) is 4. The summed E-state index contributed by atoms with van der Waals surface area (Å²) in [5.41, 5.74) is 2.52. The van der Waals surface area contributed by atoms with Crippen LogP contribution in [0.2, 0.25) is 5.02 Å². The predicted molar refractivity (Wildman–Crippen MR) is 109 cm³/mol. The van der Waals surface area contributed by atoms with E-state index in [2.05, 4.69) is 32.4 Å². The Morgan fingerprint density at radius 3 is 2.36 bits per heavy atom. The fourth-order valence-electron chi connectivity index (χ4n) is 3.03. The van der Waals surface area contributed by atoms with E-state index in [9.17, 15) is 4.79 Å². The third-order valence-corrected chi connectivity index (χ3v) is 4.96. The Morgan fingerprint density at radius 1 is 1.00 bits per heavy atom. The van der Waals surface area contributed by atoms with Crippen LogP contribution in [0.4, 0.5) is 11.4 Å². The number of rotatable bonds is 4. The van der Waals surface area contributed by atoms with Crippen LogP contribution in [0.25, 0.3) is 11.5 Å². The molecule has 1 saturated heterocycles. The summed E-state index contributed by atoms with van der Waals surface area (Å²) in [5.74, 6) is -0.264. The predicted octanol–water partition coefficient (Wildman–Crippen LogP) is 3.39. The van der Waals surface area contributed by atoms with Crippen molar-refractivity contribution in [3.05, 3.63) is 59.4 Å². The molecule has 2 aromatic carbocycles. The van der Waals surface area contributed by atoms with Gasteiger partial charge in [-0.15, -0.1) is 10.2 Å². The first-order valence-electron chi connectivity index (χ1n) is 9.03. The van der Waals surface area contributed by atoms with E-state index in [4.69, 9.17) is 16.0 Å². The molecule has 0 spiro atoms. The largest absolute Gasteiger partial charge is 0.412 e. The first kappa shape index (κ1) is 18.5. The van der Waals surface area contributed by atoms with Gasteiger partial charge < -0.3 is 19.5 Å². The summed E-state index contributed by atoms with van der Waals surface area (Å²) in [4.78, 5) is 17.0. The quantitative estimate of drug-likeness (QED) is 0.727. The maximum Gasteiger partial charge on any atom is 0.313 e. The molecular weight excluding hydrogens is 378 g/mol. The van der Waals surface area contributed by atoms with Gasteiger partial charge in [0.2, 0.25) is 5.89 Å². The van der Waals surface area contributed by atoms with Crippen molar-refractivity contribution in [2.75, 3.05) is 43.4 Å². The Labute approximate surface area is 167 Å². The van der Waals surface area contributed by atoms with Gasteiger partial charge in [0.25, 0.3) is 0 Å². The Morgan fingerprint density at radius 2 is 1.68 bits per heavy atom. The van der Waals surface area contributed by atoms with Gasteiger partial charge in [0.1, 0.15) is 0 Å². The number of likely N-dealkylation sites (N-methyl/N-ethyl adjacent to an activating group) is 1. The Hall–Kier alpha value is -2.90. The molecule has 0 bridgehead atoms. The van der Waals surface area contributed by atoms with Gasteiger partial charge in [-0.2, -0.15) is 0 Å². The van der Waals surface area contributed by atoms with Crippen molar-refractivity contribution in [2.45, 2.75) is 0 Å². The number of aromatic nitrogens is 2. The molecule has 3 aromatic rings. The fourth-order valence-corrected chi connectivity index (χ4v) is 3.15. The molecule has 1 N–H and O–H groups in total. The topological polar surface area (TPSA) is 74.5 Å². The molecule has 1 amide bonds. The van der Waals surface area contributed by atoms with Crippen LogP contribution in [0.15, 0.2) is 52.9 Å². The number of benzene rings is 2. The number of carbonyl (C=O) groups is 1. The van der Waals surface area contributed by atoms with Crippen molar-refractivity contribution in [1.82, 2.24) is 15.1 Å². The molecule has 0 aliphatic carbocycles. The van der Waals surface area contributed by atoms with Crippen molar-refractivity contribution in [3.63, 3.8) is 0 Å². The molecule has 1 aliphatic heterocycles. The molecule has 0 radical (unpaired) electrons. The number of anilines is 2. The standard InChI is InChI=1S/C20H20ClN5O2/c1-25-10-12-26(13-11-25)17-8-6-16(7-9-17)22-18(27)20-24-23-19(28-20)14-2-4-15(21)5-3-14/h2-9H,10-13H2,1H3,(H,22,27). The third-order valence-electron chi connectivity index (χ3n) is 4.70. The zero-order chi connectivity index (χ0) is 19.5. The van der Waals surface area contributed by atoms with Crippen molar-refractivity contribution in [3.8, 4) is 11.5 Å². The summed E-state index contributed by atoms with van der Waals surface area (Å²) in [5, 5.41) is 11.2. The van der Waals surface area contributed by atoms with Crippen LogP contribution in [-0.2, 0) is 0 Å². The van der Waals surface area contributed by atoms with E-state index in [-0.39, 0.29) is 11.8 Å². The Bertz CT molecular complexity index is 947. The van der Waals surface area contributed by atoms with Crippen molar-refractivity contribution >= 4 is 28.9 Å². The highest BCUT2D eigenvalue weighted by atomic mass is 35.5. The van der Waals surface area contributed by atoms with Gasteiger partial charge in [0.05, 0.1) is 0 Å². The summed E-state index contributed by atoms with van der Waals surface area (Å²) >= 11 is 5.88. The molecule has 2 heterocycles. The molecule has 1 aliphatic rings. The minimum Gasteiger partial charge on any atom is -0.412 e. The third kappa shape index (κ3) is 4.16. The van der Waals surface area contributed by atoms with Gasteiger partial charge >= 0.3 is 11.8 Å². The average Bonchev–Trinajstić information content (AvgIpc) is 3.20. The van der Waals surface area contributed by atoms with Crippen LogP contribution in [0.1, 0.15) is 10.7 Å². The molecule has 1 fully saturated rings. The van der Waals surface area contributed by atoms with E-state index in [1.807, 2.05) is 24.3 Å². The zero-order valence-electron chi connectivity index (χ0n) is 15.4. The van der Waals surface area contributed by atoms with Crippen LogP contribution in [0, 0.1) is 0 Å². The van der Waals surface area contributed by atoms with Gasteiger partial charge in [-0.3, -0.25) is 4.79 Å². The minimum absolute atomic E-state index is 0.0897. The molecular formula is C20H20ClN5O2. The molecule has 28 heavy (non-hydrogen) atoms. The summed E-state index contributed by atoms with van der Waals surface area (Å²) in [7, 11) is 2.13. The molecule has 1 aromatic heterocycles. The first-order chi connectivity index (χ1) is 13.6. The summed E-state index contributed by atoms with van der Waals surface area (Å²) in [6.07, 6.45) is 0. The smallest absolute Gasteiger partial charge is 0.313 e. The molecule has 8 heteroatoms. The number of hydrogen-bond acceptors (Lipinski definition) is 6. The highest BCUT2D eigenvalue weighted by Gasteiger charge is 2.17. The SMILES string of the molecule is CN1CCN(c2ccc(NC(=O)c3nnc(-c4ccc(Cl)cc4)o3)cc2)CC1. The first-order valence-corrected chi connectivity index (χ1v) is 9.40. The number of nitrogens with one attached hydrogen (secondary N) is 1. The lowest BCUT2D eigenvalue weighted by atomic mass is 10.2. The zero-order valence-corrected chi connectivity index (χ0v) is 16.2. The number of piperazine rings is 1. The highest BCUT2D eigenvalue weighted by Crippen LogP contribution is 2.22. The van der Waals surface area contributed by atoms with E-state index in [1.54, 1.807) is 24.3 Å². The second-order valence-corrected chi connectivity index (χ2v) is 7.15. The van der Waals surface area contributed by atoms with E-state index >= 15 is 0 Å². The lowest BCUT2D eigenvalue weighted by Crippen LogP contribution is -2.44. The number of amides is 1. The molecule has 144 valence electrons. The summed E-state index contributed by atoms with van der Waals surface area (Å²) in [6.45, 7) is 4.09. The van der Waals surface area contributed by atoms with Crippen LogP contribution in [0.5, 0.6) is 0 Å². The van der Waals surface area contributed by atoms with Gasteiger partial charge in [-0.25, -0.2) is 0 Å². The average molecular weight is 398 g/mol. The molecule has 7 nitrogen and oxygen atoms in total. The molecule has 0 saturated carbocycles. The summed E-state index contributed by atoms with van der Waals surface area (Å²) in [6, 6.07) is 14.7. The van der Waals surface area contributed by atoms with E-state index < -0.39 is 5.91 Å². The van der Waals surface area contributed by atoms with E-state index in [0.717, 1.165) is 31.9 Å². The number of halogens is 1. The van der Waals surface area contributed by atoms with E-state index in [0.29, 0.717) is 16.3 Å². The van der Waals surface area contributed by atoms with Crippen LogP contribution in [0.3, 0.4) is 0 Å². The van der Waals surface area contributed by atoms with Crippen molar-refractivity contribution in [2.24, 2.45) is 0 Å². The molecule has 4 rings (SSSR count). The van der Waals surface area contributed by atoms with Crippen LogP contribution < -0.4 is 10.2 Å². The van der Waals surface area contributed by atoms with Gasteiger partial charge in [0.15, 0.2) is 0 Å². The Kier molecular flexibility index (Phi) is 5.27. The monoisotopic (exact) mass is 397 g/mol. The number of carbonyl (C=O) groups excluding carboxylic acids is 1. The highest BCUT2D eigenvalue weighted by molar-refractivity contribution is 6.30. The Balaban J connectivity index is 1.40. The van der Waals surface area contributed by atoms with Gasteiger partial charge in [-0.05, 0) is 55.6 Å². The van der Waals surface area contributed by atoms with Gasteiger partial charge in [-0.1, -0.05) is 11.6 Å². The van der Waals surface area contributed by atoms with E-state index in [1.165, 1.54) is 0 Å². The lowest BCUT2D eigenvalue weighted by Gasteiger charge is -2.34. The normalized spacial score (nSPS) is 14.9. The van der Waals surface area contributed by atoms with Crippen molar-refractivity contribution in [1.29, 1.82) is 0 Å². The fraction of sp³-hybridized carbons (Fsp3) is 0.250. The second-order valence-electron chi connectivity index (χ2n) is 6.71. The lowest BCUT2D eigenvalue weighted by molar-refractivity contribution is 0.0991. The van der Waals surface area contributed by atoms with Crippen LogP contribution >= 0.6 is 11.6 Å². The maximum atomic E-state index is 12.4. The maximum absolute atomic E-state index is 12.4. The van der Waals surface area contributed by atoms with Gasteiger partial charge in [0, 0.05) is 48.1 Å². The second kappa shape index (κ2) is 8.00. The van der Waals surface area contributed by atoms with Crippen molar-refractivity contribution < 1.29 is 9.21 Å². The van der Waals surface area contributed by atoms with Crippen LogP contribution in [-0.4, -0.2) is 54.2 Å². The number of hydrogen-bond donors (Lipinski definition) is 1. The summed E-state index contributed by atoms with van der Waals surface area (Å²) < 4.78 is 5.48. The minimum atomic E-state index is -0.444. The molecule has 0 unspecified atom stereocenters. The molecule has 0 atom stereocenters.